The van der Waals surface area contributed by atoms with Gasteiger partial charge in [0.25, 0.3) is 5.91 Å². The van der Waals surface area contributed by atoms with Gasteiger partial charge in [0.1, 0.15) is 5.82 Å². The number of nitrogens with one attached hydrogen (secondary N) is 2. The third-order valence-corrected chi connectivity index (χ3v) is 6.93. The number of nitrogens with zero attached hydrogens (tertiary/aromatic N) is 1. The number of benzene rings is 2. The molecule has 0 bridgehead atoms. The van der Waals surface area contributed by atoms with E-state index in [0.717, 1.165) is 31.2 Å². The summed E-state index contributed by atoms with van der Waals surface area (Å²) in [5.41, 5.74) is 1.41. The van der Waals surface area contributed by atoms with Gasteiger partial charge in [-0.2, -0.15) is 0 Å². The number of piperidine rings is 1. The molecule has 6 nitrogen and oxygen atoms in total. The van der Waals surface area contributed by atoms with E-state index in [-0.39, 0.29) is 41.5 Å². The third-order valence-electron chi connectivity index (χ3n) is 6.93. The number of carbonyl (C=O) groups is 3. The summed E-state index contributed by atoms with van der Waals surface area (Å²) < 4.78 is 13.2. The number of likely N-dealkylation sites (tertiary alicyclic amines) is 1. The summed E-state index contributed by atoms with van der Waals surface area (Å²) in [4.78, 5) is 40.1. The zero-order valence-corrected chi connectivity index (χ0v) is 19.3. The Morgan fingerprint density at radius 3 is 2.09 bits per heavy atom. The minimum Gasteiger partial charge on any atom is -0.351 e. The lowest BCUT2D eigenvalue weighted by atomic mass is 9.88. The largest absolute Gasteiger partial charge is 0.351 e. The summed E-state index contributed by atoms with van der Waals surface area (Å²) in [7, 11) is 0. The molecule has 2 N–H and O–H groups in total. The molecule has 2 aromatic carbocycles. The second kappa shape index (κ2) is 11.3. The van der Waals surface area contributed by atoms with Crippen LogP contribution in [0.3, 0.4) is 0 Å². The molecule has 2 aliphatic rings. The molecule has 0 aromatic heterocycles. The summed E-state index contributed by atoms with van der Waals surface area (Å²) in [5.74, 6) is -0.663. The molecule has 2 aromatic rings. The van der Waals surface area contributed by atoms with Crippen LogP contribution in [0.5, 0.6) is 0 Å². The molecule has 1 saturated carbocycles. The molecule has 1 aliphatic heterocycles. The lowest BCUT2D eigenvalue weighted by Crippen LogP contribution is -2.55. The van der Waals surface area contributed by atoms with Gasteiger partial charge in [-0.3, -0.25) is 14.4 Å². The summed E-state index contributed by atoms with van der Waals surface area (Å²) >= 11 is 0. The van der Waals surface area contributed by atoms with Crippen LogP contribution in [0, 0.1) is 11.7 Å². The highest BCUT2D eigenvalue weighted by atomic mass is 19.1. The molecule has 0 spiro atoms. The number of hydrogen-bond donors (Lipinski definition) is 2. The normalized spacial score (nSPS) is 21.0. The Bertz CT molecular complexity index is 988. The molecule has 1 saturated heterocycles. The Hall–Kier alpha value is -3.22. The minimum atomic E-state index is -0.382. The van der Waals surface area contributed by atoms with Gasteiger partial charge in [-0.1, -0.05) is 43.2 Å². The van der Waals surface area contributed by atoms with Crippen LogP contribution in [0.4, 0.5) is 4.39 Å². The zero-order valence-electron chi connectivity index (χ0n) is 19.3. The van der Waals surface area contributed by atoms with Crippen LogP contribution >= 0.6 is 0 Å². The van der Waals surface area contributed by atoms with Crippen LogP contribution in [0.2, 0.25) is 0 Å². The average Bonchev–Trinajstić information content (AvgIpc) is 2.86. The monoisotopic (exact) mass is 465 g/mol. The van der Waals surface area contributed by atoms with Crippen LogP contribution in [0.25, 0.3) is 0 Å². The van der Waals surface area contributed by atoms with Gasteiger partial charge in [0.15, 0.2) is 0 Å². The Labute approximate surface area is 199 Å². The molecule has 4 rings (SSSR count). The van der Waals surface area contributed by atoms with Gasteiger partial charge >= 0.3 is 0 Å². The van der Waals surface area contributed by atoms with Gasteiger partial charge in [-0.05, 0) is 55.5 Å². The van der Waals surface area contributed by atoms with Crippen molar-refractivity contribution in [3.63, 3.8) is 0 Å². The van der Waals surface area contributed by atoms with Crippen molar-refractivity contribution in [3.8, 4) is 0 Å². The maximum atomic E-state index is 13.2. The topological polar surface area (TPSA) is 78.5 Å². The molecule has 34 heavy (non-hydrogen) atoms. The van der Waals surface area contributed by atoms with Crippen LogP contribution < -0.4 is 10.6 Å². The first-order valence-corrected chi connectivity index (χ1v) is 12.2. The molecule has 3 amide bonds. The van der Waals surface area contributed by atoms with E-state index in [9.17, 15) is 18.8 Å². The highest BCUT2D eigenvalue weighted by molar-refractivity contribution is 5.94. The molecule has 180 valence electrons. The molecule has 1 aliphatic carbocycles. The van der Waals surface area contributed by atoms with Crippen molar-refractivity contribution >= 4 is 17.7 Å². The maximum Gasteiger partial charge on any atom is 0.251 e. The van der Waals surface area contributed by atoms with E-state index in [1.807, 2.05) is 35.2 Å². The van der Waals surface area contributed by atoms with Crippen molar-refractivity contribution in [2.24, 2.45) is 5.92 Å². The van der Waals surface area contributed by atoms with Crippen molar-refractivity contribution in [3.05, 3.63) is 71.5 Å². The van der Waals surface area contributed by atoms with Crippen molar-refractivity contribution < 1.29 is 18.8 Å². The van der Waals surface area contributed by atoms with Crippen molar-refractivity contribution in [2.45, 2.75) is 57.0 Å². The highest BCUT2D eigenvalue weighted by Crippen LogP contribution is 2.23. The van der Waals surface area contributed by atoms with Gasteiger partial charge in [-0.15, -0.1) is 0 Å². The van der Waals surface area contributed by atoms with Gasteiger partial charge in [-0.25, -0.2) is 4.39 Å². The second-order valence-corrected chi connectivity index (χ2v) is 9.30. The third kappa shape index (κ3) is 6.22. The molecule has 0 unspecified atom stereocenters. The van der Waals surface area contributed by atoms with E-state index >= 15 is 0 Å². The zero-order chi connectivity index (χ0) is 23.9. The molecule has 0 radical (unpaired) electrons. The Morgan fingerprint density at radius 2 is 1.44 bits per heavy atom. The molecule has 7 heteroatoms. The van der Waals surface area contributed by atoms with E-state index in [1.165, 1.54) is 24.3 Å². The predicted octanol–water partition coefficient (Wildman–Crippen LogP) is 3.46. The summed E-state index contributed by atoms with van der Waals surface area (Å²) in [6.07, 6.45) is 5.27. The van der Waals surface area contributed by atoms with Crippen molar-refractivity contribution in [2.75, 3.05) is 13.1 Å². The molecule has 1 heterocycles. The van der Waals surface area contributed by atoms with Crippen molar-refractivity contribution in [1.29, 1.82) is 0 Å². The van der Waals surface area contributed by atoms with Gasteiger partial charge in [0.05, 0.1) is 6.42 Å². The fourth-order valence-electron chi connectivity index (χ4n) is 4.90. The fourth-order valence-corrected chi connectivity index (χ4v) is 4.90. The first kappa shape index (κ1) is 23.9. The first-order chi connectivity index (χ1) is 16.5. The Balaban J connectivity index is 1.27. The lowest BCUT2D eigenvalue weighted by Gasteiger charge is -2.36. The molecule has 2 fully saturated rings. The van der Waals surface area contributed by atoms with Crippen LogP contribution in [-0.4, -0.2) is 47.8 Å². The Morgan fingerprint density at radius 1 is 0.824 bits per heavy atom. The first-order valence-electron chi connectivity index (χ1n) is 12.2. The molecule has 2 atom stereocenters. The maximum absolute atomic E-state index is 13.2. The van der Waals surface area contributed by atoms with E-state index in [2.05, 4.69) is 10.6 Å². The van der Waals surface area contributed by atoms with E-state index in [4.69, 9.17) is 0 Å². The smallest absolute Gasteiger partial charge is 0.251 e. The van der Waals surface area contributed by atoms with Gasteiger partial charge < -0.3 is 15.5 Å². The van der Waals surface area contributed by atoms with E-state index in [0.29, 0.717) is 37.9 Å². The number of amides is 3. The van der Waals surface area contributed by atoms with Crippen LogP contribution in [0.1, 0.15) is 54.4 Å². The number of halogens is 1. The Kier molecular flexibility index (Phi) is 7.93. The predicted molar refractivity (Wildman–Crippen MR) is 128 cm³/mol. The minimum absolute atomic E-state index is 0.00286. The van der Waals surface area contributed by atoms with E-state index in [1.54, 1.807) is 0 Å². The summed E-state index contributed by atoms with van der Waals surface area (Å²) in [6, 6.07) is 14.9. The van der Waals surface area contributed by atoms with Crippen molar-refractivity contribution in [1.82, 2.24) is 15.5 Å². The van der Waals surface area contributed by atoms with Gasteiger partial charge in [0, 0.05) is 36.7 Å². The van der Waals surface area contributed by atoms with Gasteiger partial charge in [0.2, 0.25) is 11.8 Å². The van der Waals surface area contributed by atoms with Crippen LogP contribution in [0.15, 0.2) is 54.6 Å². The summed E-state index contributed by atoms with van der Waals surface area (Å²) in [5, 5.41) is 6.20. The highest BCUT2D eigenvalue weighted by Gasteiger charge is 2.32. The molecular formula is C27H32FN3O3. The number of hydrogen-bond acceptors (Lipinski definition) is 3. The lowest BCUT2D eigenvalue weighted by molar-refractivity contribution is -0.135. The second-order valence-electron chi connectivity index (χ2n) is 9.30. The standard InChI is InChI=1S/C27H32FN3O3/c28-22-12-10-20(11-13-22)26(33)29-23-8-4-5-9-24(23)30-27(34)21-14-16-31(17-15-21)25(32)18-19-6-2-1-3-7-19/h1-3,6-7,10-13,21,23-24H,4-5,8-9,14-18H2,(H,29,33)(H,30,34)/t23-,24-/m1/s1. The number of rotatable bonds is 6. The fraction of sp³-hybridized carbons (Fsp3) is 0.444. The quantitative estimate of drug-likeness (QED) is 0.686. The SMILES string of the molecule is O=C(N[C@@H]1CCCC[C@H]1NC(=O)C1CCN(C(=O)Cc2ccccc2)CC1)c1ccc(F)cc1. The van der Waals surface area contributed by atoms with E-state index < -0.39 is 0 Å². The van der Waals surface area contributed by atoms with Crippen LogP contribution in [-0.2, 0) is 16.0 Å². The molecular weight excluding hydrogens is 433 g/mol. The summed E-state index contributed by atoms with van der Waals surface area (Å²) in [6.45, 7) is 1.16. The average molecular weight is 466 g/mol. The number of carbonyl (C=O) groups excluding carboxylic acids is 3.